The molecule has 0 amide bonds. The zero-order valence-electron chi connectivity index (χ0n) is 7.19. The van der Waals surface area contributed by atoms with Crippen LogP contribution in [0.5, 0.6) is 0 Å². The lowest BCUT2D eigenvalue weighted by Gasteiger charge is -2.16. The Morgan fingerprint density at radius 3 is 2.18 bits per heavy atom. The Balaban J connectivity index is 3.06. The fraction of sp³-hybridized carbons (Fsp3) is 0.333. The van der Waals surface area contributed by atoms with Crippen LogP contribution in [0.3, 0.4) is 0 Å². The summed E-state index contributed by atoms with van der Waals surface area (Å²) in [6.45, 7) is 7.12. The van der Waals surface area contributed by atoms with E-state index >= 15 is 0 Å². The summed E-state index contributed by atoms with van der Waals surface area (Å²) in [5.41, 5.74) is 0. The highest BCUT2D eigenvalue weighted by Gasteiger charge is 2.15. The molecule has 0 aliphatic heterocycles. The lowest BCUT2D eigenvalue weighted by Crippen LogP contribution is -2.37. The number of hydrogen-bond donors (Lipinski definition) is 0. The molecular weight excluding hydrogens is 263 g/mol. The van der Waals surface area contributed by atoms with Crippen molar-refractivity contribution in [2.24, 2.45) is 0 Å². The van der Waals surface area contributed by atoms with Gasteiger partial charge in [-0.3, -0.25) is 0 Å². The Kier molecular flexibility index (Phi) is 2.75. The number of halogens is 1. The van der Waals surface area contributed by atoms with Crippen LogP contribution < -0.4 is 5.19 Å². The quantitative estimate of drug-likeness (QED) is 0.546. The molecule has 0 aliphatic rings. The highest BCUT2D eigenvalue weighted by molar-refractivity contribution is 14.1. The molecule has 0 unspecified atom stereocenters. The summed E-state index contributed by atoms with van der Waals surface area (Å²) in [5.74, 6) is 0. The molecule has 0 bridgehead atoms. The van der Waals surface area contributed by atoms with Crippen molar-refractivity contribution in [3.63, 3.8) is 0 Å². The molecule has 0 saturated carbocycles. The van der Waals surface area contributed by atoms with E-state index in [4.69, 9.17) is 0 Å². The van der Waals surface area contributed by atoms with Crippen LogP contribution in [0.2, 0.25) is 19.6 Å². The van der Waals surface area contributed by atoms with Crippen molar-refractivity contribution in [2.45, 2.75) is 19.6 Å². The van der Waals surface area contributed by atoms with E-state index in [1.807, 2.05) is 0 Å². The predicted molar refractivity (Wildman–Crippen MR) is 62.1 cm³/mol. The fourth-order valence-corrected chi connectivity index (χ4v) is 2.98. The minimum atomic E-state index is -1.07. The zero-order valence-corrected chi connectivity index (χ0v) is 10.3. The summed E-state index contributed by atoms with van der Waals surface area (Å²) in [6.07, 6.45) is 0. The van der Waals surface area contributed by atoms with Gasteiger partial charge in [0, 0.05) is 3.57 Å². The number of benzene rings is 1. The second kappa shape index (κ2) is 3.27. The van der Waals surface area contributed by atoms with Gasteiger partial charge in [0.1, 0.15) is 0 Å². The third-order valence-electron chi connectivity index (χ3n) is 1.69. The van der Waals surface area contributed by atoms with Crippen molar-refractivity contribution in [1.82, 2.24) is 0 Å². The van der Waals surface area contributed by atoms with E-state index in [0.717, 1.165) is 0 Å². The molecule has 0 spiro atoms. The Morgan fingerprint density at radius 2 is 1.82 bits per heavy atom. The maximum Gasteiger partial charge on any atom is 0.0776 e. The molecule has 11 heavy (non-hydrogen) atoms. The van der Waals surface area contributed by atoms with Gasteiger partial charge in [-0.15, -0.1) is 0 Å². The second-order valence-corrected chi connectivity index (χ2v) is 10.1. The first-order valence-electron chi connectivity index (χ1n) is 3.76. The normalized spacial score (nSPS) is 11.6. The molecule has 0 saturated heterocycles. The van der Waals surface area contributed by atoms with Crippen molar-refractivity contribution < 1.29 is 0 Å². The standard InChI is InChI=1S/C9H13ISi/c1-11(2,3)9-6-4-5-8(10)7-9/h4-7H,1-3H3. The van der Waals surface area contributed by atoms with Crippen LogP contribution in [0, 0.1) is 3.57 Å². The zero-order chi connectivity index (χ0) is 8.48. The third kappa shape index (κ3) is 2.59. The van der Waals surface area contributed by atoms with Crippen LogP contribution in [0.25, 0.3) is 0 Å². The minimum absolute atomic E-state index is 1.07. The fourth-order valence-electron chi connectivity index (χ4n) is 0.955. The number of hydrogen-bond acceptors (Lipinski definition) is 0. The van der Waals surface area contributed by atoms with Gasteiger partial charge in [0.05, 0.1) is 8.07 Å². The van der Waals surface area contributed by atoms with Gasteiger partial charge < -0.3 is 0 Å². The minimum Gasteiger partial charge on any atom is -0.0656 e. The molecule has 1 aromatic carbocycles. The van der Waals surface area contributed by atoms with Crippen LogP contribution in [0.1, 0.15) is 0 Å². The number of rotatable bonds is 1. The summed E-state index contributed by atoms with van der Waals surface area (Å²) in [5, 5.41) is 1.55. The molecule has 0 N–H and O–H groups in total. The van der Waals surface area contributed by atoms with E-state index in [9.17, 15) is 0 Å². The van der Waals surface area contributed by atoms with E-state index in [-0.39, 0.29) is 0 Å². The van der Waals surface area contributed by atoms with Gasteiger partial charge in [0.25, 0.3) is 0 Å². The molecule has 0 aromatic heterocycles. The van der Waals surface area contributed by atoms with E-state index in [0.29, 0.717) is 0 Å². The molecule has 1 aromatic rings. The van der Waals surface area contributed by atoms with Crippen molar-refractivity contribution in [1.29, 1.82) is 0 Å². The third-order valence-corrected chi connectivity index (χ3v) is 4.40. The summed E-state index contributed by atoms with van der Waals surface area (Å²) >= 11 is 2.37. The Bertz CT molecular complexity index is 250. The molecule has 0 atom stereocenters. The highest BCUT2D eigenvalue weighted by atomic mass is 127. The van der Waals surface area contributed by atoms with Gasteiger partial charge in [-0.05, 0) is 34.7 Å². The second-order valence-electron chi connectivity index (χ2n) is 3.76. The molecular formula is C9H13ISi. The molecule has 1 rings (SSSR count). The van der Waals surface area contributed by atoms with Crippen LogP contribution in [-0.4, -0.2) is 8.07 Å². The van der Waals surface area contributed by atoms with Crippen LogP contribution in [0.4, 0.5) is 0 Å². The smallest absolute Gasteiger partial charge is 0.0656 e. The molecule has 0 nitrogen and oxygen atoms in total. The van der Waals surface area contributed by atoms with Crippen molar-refractivity contribution in [2.75, 3.05) is 0 Å². The van der Waals surface area contributed by atoms with Crippen LogP contribution >= 0.6 is 22.6 Å². The van der Waals surface area contributed by atoms with Crippen molar-refractivity contribution in [3.8, 4) is 0 Å². The topological polar surface area (TPSA) is 0 Å². The molecule has 0 fully saturated rings. The maximum atomic E-state index is 2.37. The summed E-state index contributed by atoms with van der Waals surface area (Å²) in [6, 6.07) is 8.83. The first kappa shape index (κ1) is 9.26. The SMILES string of the molecule is C[Si](C)(C)c1cccc(I)c1. The van der Waals surface area contributed by atoms with Gasteiger partial charge in [-0.2, -0.15) is 0 Å². The monoisotopic (exact) mass is 276 g/mol. The molecule has 0 heterocycles. The predicted octanol–water partition coefficient (Wildman–Crippen LogP) is 2.84. The Hall–Kier alpha value is 0.167. The van der Waals surface area contributed by atoms with Gasteiger partial charge >= 0.3 is 0 Å². The van der Waals surface area contributed by atoms with Crippen molar-refractivity contribution >= 4 is 35.9 Å². The molecule has 2 heteroatoms. The average Bonchev–Trinajstić information content (AvgIpc) is 1.86. The van der Waals surface area contributed by atoms with E-state index in [1.165, 1.54) is 3.57 Å². The highest BCUT2D eigenvalue weighted by Crippen LogP contribution is 2.06. The molecule has 60 valence electrons. The van der Waals surface area contributed by atoms with Gasteiger partial charge in [0.2, 0.25) is 0 Å². The first-order valence-corrected chi connectivity index (χ1v) is 8.34. The Labute approximate surface area is 83.2 Å². The average molecular weight is 276 g/mol. The van der Waals surface area contributed by atoms with E-state index in [2.05, 4.69) is 66.5 Å². The van der Waals surface area contributed by atoms with Crippen molar-refractivity contribution in [3.05, 3.63) is 27.8 Å². The van der Waals surface area contributed by atoms with Gasteiger partial charge in [-0.25, -0.2) is 0 Å². The van der Waals surface area contributed by atoms with E-state index in [1.54, 1.807) is 5.19 Å². The van der Waals surface area contributed by atoms with Gasteiger partial charge in [0.15, 0.2) is 0 Å². The van der Waals surface area contributed by atoms with Crippen LogP contribution in [-0.2, 0) is 0 Å². The van der Waals surface area contributed by atoms with E-state index < -0.39 is 8.07 Å². The Morgan fingerprint density at radius 1 is 1.18 bits per heavy atom. The lowest BCUT2D eigenvalue weighted by atomic mass is 10.4. The summed E-state index contributed by atoms with van der Waals surface area (Å²) in [7, 11) is -1.07. The van der Waals surface area contributed by atoms with Gasteiger partial charge in [-0.1, -0.05) is 37.0 Å². The first-order chi connectivity index (χ1) is 5.00. The maximum absolute atomic E-state index is 2.37. The lowest BCUT2D eigenvalue weighted by molar-refractivity contribution is 1.64. The molecule has 0 radical (unpaired) electrons. The van der Waals surface area contributed by atoms with Crippen LogP contribution in [0.15, 0.2) is 24.3 Å². The summed E-state index contributed by atoms with van der Waals surface area (Å²) < 4.78 is 1.35. The largest absolute Gasteiger partial charge is 0.0776 e. The summed E-state index contributed by atoms with van der Waals surface area (Å²) in [4.78, 5) is 0. The molecule has 0 aliphatic carbocycles.